The number of hydrazine groups is 1. The van der Waals surface area contributed by atoms with Crippen LogP contribution in [-0.4, -0.2) is 24.3 Å². The quantitative estimate of drug-likeness (QED) is 0.212. The van der Waals surface area contributed by atoms with Gasteiger partial charge in [-0.2, -0.15) is 0 Å². The van der Waals surface area contributed by atoms with Crippen LogP contribution in [0.15, 0.2) is 41.4 Å². The zero-order valence-electron chi connectivity index (χ0n) is 16.2. The fourth-order valence-electron chi connectivity index (χ4n) is 2.90. The van der Waals surface area contributed by atoms with E-state index in [0.29, 0.717) is 5.84 Å². The fourth-order valence-corrected chi connectivity index (χ4v) is 3.16. The van der Waals surface area contributed by atoms with Gasteiger partial charge in [-0.25, -0.2) is 4.99 Å². The lowest BCUT2D eigenvalue weighted by Crippen LogP contribution is -2.39. The molecule has 7 heteroatoms. The van der Waals surface area contributed by atoms with Crippen LogP contribution in [0.3, 0.4) is 0 Å². The first-order valence-corrected chi connectivity index (χ1v) is 9.78. The Morgan fingerprint density at radius 3 is 2.56 bits per heavy atom. The molecule has 0 spiro atoms. The molecule has 0 radical (unpaired) electrons. The maximum Gasteiger partial charge on any atom is 0.227 e. The summed E-state index contributed by atoms with van der Waals surface area (Å²) in [5.74, 6) is 0.622. The third kappa shape index (κ3) is 5.48. The Kier molecular flexibility index (Phi) is 7.69. The van der Waals surface area contributed by atoms with Gasteiger partial charge in [0.1, 0.15) is 0 Å². The molecule has 27 heavy (non-hydrogen) atoms. The number of hydrogen-bond donors (Lipinski definition) is 3. The van der Waals surface area contributed by atoms with Gasteiger partial charge in [-0.15, -0.1) is 0 Å². The van der Waals surface area contributed by atoms with Crippen LogP contribution in [0.2, 0.25) is 0 Å². The van der Waals surface area contributed by atoms with E-state index in [1.807, 2.05) is 24.3 Å². The SMILES string of the molecule is CCc1cc(C)c(C(=Nc2cccc(NSN)c2)NN(C)C=O)cc1CC. The number of amides is 1. The lowest BCUT2D eigenvalue weighted by atomic mass is 9.95. The van der Waals surface area contributed by atoms with E-state index in [0.717, 1.165) is 53.9 Å². The highest BCUT2D eigenvalue weighted by molar-refractivity contribution is 7.98. The number of nitrogens with one attached hydrogen (secondary N) is 2. The topological polar surface area (TPSA) is 82.8 Å². The molecule has 2 aromatic carbocycles. The second kappa shape index (κ2) is 9.99. The number of carbonyl (C=O) groups is 1. The summed E-state index contributed by atoms with van der Waals surface area (Å²) in [5, 5.41) is 6.83. The van der Waals surface area contributed by atoms with Gasteiger partial charge in [0.05, 0.1) is 5.69 Å². The molecule has 4 N–H and O–H groups in total. The number of carbonyl (C=O) groups excluding carboxylic acids is 1. The second-order valence-corrected chi connectivity index (χ2v) is 6.64. The average Bonchev–Trinajstić information content (AvgIpc) is 2.67. The minimum absolute atomic E-state index is 0.622. The Bertz CT molecular complexity index is 822. The van der Waals surface area contributed by atoms with E-state index in [-0.39, 0.29) is 0 Å². The predicted molar refractivity (Wildman–Crippen MR) is 115 cm³/mol. The summed E-state index contributed by atoms with van der Waals surface area (Å²) in [4.78, 5) is 15.9. The Morgan fingerprint density at radius 1 is 1.22 bits per heavy atom. The first kappa shape index (κ1) is 20.8. The van der Waals surface area contributed by atoms with Crippen LogP contribution in [0.1, 0.15) is 36.1 Å². The summed E-state index contributed by atoms with van der Waals surface area (Å²) in [5.41, 5.74) is 9.41. The van der Waals surface area contributed by atoms with Gasteiger partial charge in [-0.3, -0.25) is 20.4 Å². The number of hydrogen-bond acceptors (Lipinski definition) is 5. The number of aliphatic imine (C=N–C) groups is 1. The van der Waals surface area contributed by atoms with Crippen LogP contribution in [0.5, 0.6) is 0 Å². The van der Waals surface area contributed by atoms with Crippen LogP contribution in [0, 0.1) is 6.92 Å². The molecule has 6 nitrogen and oxygen atoms in total. The van der Waals surface area contributed by atoms with Crippen LogP contribution in [0.25, 0.3) is 0 Å². The van der Waals surface area contributed by atoms with E-state index in [2.05, 4.69) is 43.1 Å². The summed E-state index contributed by atoms with van der Waals surface area (Å²) in [6, 6.07) is 12.0. The first-order chi connectivity index (χ1) is 13.0. The highest BCUT2D eigenvalue weighted by Gasteiger charge is 2.13. The first-order valence-electron chi connectivity index (χ1n) is 8.90. The summed E-state index contributed by atoms with van der Waals surface area (Å²) in [6.07, 6.45) is 2.65. The fraction of sp³-hybridized carbons (Fsp3) is 0.300. The number of nitrogens with zero attached hydrogens (tertiary/aromatic N) is 2. The molecule has 0 saturated carbocycles. The highest BCUT2D eigenvalue weighted by atomic mass is 32.2. The standard InChI is InChI=1S/C20H27N5OS/c1-5-15-10-14(3)19(11-16(15)6-2)20(23-25(4)13-26)22-17-8-7-9-18(12-17)24-27-21/h7-13,24H,5-6,21H2,1-4H3,(H,22,23). The molecule has 0 heterocycles. The van der Waals surface area contributed by atoms with E-state index < -0.39 is 0 Å². The molecule has 0 aromatic heterocycles. The van der Waals surface area contributed by atoms with Gasteiger partial charge < -0.3 is 4.72 Å². The van der Waals surface area contributed by atoms with Gasteiger partial charge in [0, 0.05) is 30.4 Å². The maximum absolute atomic E-state index is 11.2. The normalized spacial score (nSPS) is 11.2. The smallest absolute Gasteiger partial charge is 0.227 e. The third-order valence-corrected chi connectivity index (χ3v) is 4.62. The highest BCUT2D eigenvalue weighted by Crippen LogP contribution is 2.23. The Labute approximate surface area is 165 Å². The van der Waals surface area contributed by atoms with E-state index in [4.69, 9.17) is 10.1 Å². The van der Waals surface area contributed by atoms with Crippen LogP contribution >= 0.6 is 12.1 Å². The minimum Gasteiger partial charge on any atom is -0.317 e. The van der Waals surface area contributed by atoms with E-state index in [1.54, 1.807) is 7.05 Å². The monoisotopic (exact) mass is 385 g/mol. The number of aryl methyl sites for hydroxylation is 3. The molecule has 0 aliphatic heterocycles. The number of benzene rings is 2. The van der Waals surface area contributed by atoms with Crippen molar-refractivity contribution in [3.8, 4) is 0 Å². The summed E-state index contributed by atoms with van der Waals surface area (Å²) in [7, 11) is 1.65. The molecule has 0 atom stereocenters. The molecule has 0 aliphatic rings. The van der Waals surface area contributed by atoms with E-state index >= 15 is 0 Å². The van der Waals surface area contributed by atoms with E-state index in [9.17, 15) is 4.79 Å². The largest absolute Gasteiger partial charge is 0.317 e. The number of nitrogens with two attached hydrogens (primary N) is 1. The van der Waals surface area contributed by atoms with Crippen molar-refractivity contribution in [2.75, 3.05) is 11.8 Å². The number of anilines is 1. The van der Waals surface area contributed by atoms with Crippen molar-refractivity contribution in [2.24, 2.45) is 10.1 Å². The molecular formula is C20H27N5OS. The van der Waals surface area contributed by atoms with Gasteiger partial charge >= 0.3 is 0 Å². The van der Waals surface area contributed by atoms with Crippen molar-refractivity contribution >= 4 is 35.8 Å². The lowest BCUT2D eigenvalue weighted by molar-refractivity contribution is -0.118. The van der Waals surface area contributed by atoms with Crippen molar-refractivity contribution < 1.29 is 4.79 Å². The van der Waals surface area contributed by atoms with Crippen LogP contribution < -0.4 is 15.3 Å². The average molecular weight is 386 g/mol. The Balaban J connectivity index is 2.55. The Morgan fingerprint density at radius 2 is 1.93 bits per heavy atom. The molecular weight excluding hydrogens is 358 g/mol. The predicted octanol–water partition coefficient (Wildman–Crippen LogP) is 3.72. The van der Waals surface area contributed by atoms with Crippen LogP contribution in [0.4, 0.5) is 11.4 Å². The van der Waals surface area contributed by atoms with Crippen molar-refractivity contribution in [3.05, 3.63) is 58.7 Å². The molecule has 0 saturated heterocycles. The molecule has 144 valence electrons. The van der Waals surface area contributed by atoms with Gasteiger partial charge in [-0.1, -0.05) is 26.0 Å². The zero-order chi connectivity index (χ0) is 19.8. The second-order valence-electron chi connectivity index (χ2n) is 6.20. The van der Waals surface area contributed by atoms with E-state index in [1.165, 1.54) is 16.1 Å². The zero-order valence-corrected chi connectivity index (χ0v) is 17.1. The molecule has 0 fully saturated rings. The Hall–Kier alpha value is -2.51. The molecule has 1 amide bonds. The molecule has 2 rings (SSSR count). The van der Waals surface area contributed by atoms with Gasteiger partial charge in [-0.05, 0) is 60.7 Å². The summed E-state index contributed by atoms with van der Waals surface area (Å²) < 4.78 is 3.00. The molecule has 0 unspecified atom stereocenters. The van der Waals surface area contributed by atoms with Crippen molar-refractivity contribution in [2.45, 2.75) is 33.6 Å². The molecule has 0 bridgehead atoms. The van der Waals surface area contributed by atoms with Crippen molar-refractivity contribution in [1.29, 1.82) is 0 Å². The maximum atomic E-state index is 11.2. The molecule has 2 aromatic rings. The van der Waals surface area contributed by atoms with Crippen molar-refractivity contribution in [1.82, 2.24) is 10.4 Å². The number of amidine groups is 1. The summed E-state index contributed by atoms with van der Waals surface area (Å²) >= 11 is 1.04. The number of rotatable bonds is 8. The van der Waals surface area contributed by atoms with Crippen LogP contribution in [-0.2, 0) is 17.6 Å². The molecule has 0 aliphatic carbocycles. The van der Waals surface area contributed by atoms with Gasteiger partial charge in [0.2, 0.25) is 6.41 Å². The van der Waals surface area contributed by atoms with Crippen molar-refractivity contribution in [3.63, 3.8) is 0 Å². The summed E-state index contributed by atoms with van der Waals surface area (Å²) in [6.45, 7) is 6.37. The minimum atomic E-state index is 0.622. The van der Waals surface area contributed by atoms with Gasteiger partial charge in [0.25, 0.3) is 0 Å². The van der Waals surface area contributed by atoms with Gasteiger partial charge in [0.15, 0.2) is 5.84 Å². The third-order valence-electron chi connectivity index (χ3n) is 4.27. The lowest BCUT2D eigenvalue weighted by Gasteiger charge is -2.20.